The highest BCUT2D eigenvalue weighted by molar-refractivity contribution is 7.99. The van der Waals surface area contributed by atoms with Gasteiger partial charge >= 0.3 is 0 Å². The van der Waals surface area contributed by atoms with Gasteiger partial charge in [-0.2, -0.15) is 11.8 Å². The van der Waals surface area contributed by atoms with Crippen molar-refractivity contribution in [3.63, 3.8) is 0 Å². The molecule has 6 heteroatoms. The zero-order chi connectivity index (χ0) is 15.8. The van der Waals surface area contributed by atoms with Gasteiger partial charge in [0, 0.05) is 31.4 Å². The van der Waals surface area contributed by atoms with Crippen molar-refractivity contribution < 1.29 is 4.79 Å². The highest BCUT2D eigenvalue weighted by Crippen LogP contribution is 2.28. The van der Waals surface area contributed by atoms with Crippen molar-refractivity contribution >= 4 is 23.6 Å². The normalized spacial score (nSPS) is 23.8. The fraction of sp³-hybridized carbons (Fsp3) is 0.867. The van der Waals surface area contributed by atoms with Crippen LogP contribution in [0.3, 0.4) is 0 Å². The number of aliphatic imine (C=N–C) groups is 1. The van der Waals surface area contributed by atoms with Gasteiger partial charge in [0.1, 0.15) is 6.54 Å². The van der Waals surface area contributed by atoms with Crippen LogP contribution in [0.4, 0.5) is 0 Å². The number of carbonyl (C=O) groups is 1. The number of nitrogens with zero attached hydrogens (tertiary/aromatic N) is 2. The third-order valence-electron chi connectivity index (χ3n) is 3.93. The molecule has 0 aromatic heterocycles. The first kappa shape index (κ1) is 18.1. The van der Waals surface area contributed by atoms with E-state index >= 15 is 0 Å². The summed E-state index contributed by atoms with van der Waals surface area (Å²) in [6.45, 7) is 4.46. The fourth-order valence-electron chi connectivity index (χ4n) is 2.24. The summed E-state index contributed by atoms with van der Waals surface area (Å²) >= 11 is 1.94. The SMILES string of the molecule is CCC(C)NC(=NCC(=O)N(C)C)NC1CCC(SC)C1. The van der Waals surface area contributed by atoms with E-state index in [4.69, 9.17) is 0 Å². The van der Waals surface area contributed by atoms with E-state index in [1.807, 2.05) is 11.8 Å². The lowest BCUT2D eigenvalue weighted by Gasteiger charge is -2.21. The molecule has 122 valence electrons. The average Bonchev–Trinajstić information content (AvgIpc) is 2.91. The molecule has 1 amide bonds. The minimum Gasteiger partial charge on any atom is -0.354 e. The minimum atomic E-state index is 0.0219. The van der Waals surface area contributed by atoms with E-state index < -0.39 is 0 Å². The zero-order valence-corrected chi connectivity index (χ0v) is 14.8. The average molecular weight is 314 g/mol. The quantitative estimate of drug-likeness (QED) is 0.579. The third kappa shape index (κ3) is 6.59. The Bertz CT molecular complexity index is 360. The van der Waals surface area contributed by atoms with E-state index in [2.05, 4.69) is 35.7 Å². The second-order valence-electron chi connectivity index (χ2n) is 5.92. The molecule has 5 nitrogen and oxygen atoms in total. The third-order valence-corrected chi connectivity index (χ3v) is 5.02. The minimum absolute atomic E-state index is 0.0219. The number of nitrogens with one attached hydrogen (secondary N) is 2. The Hall–Kier alpha value is -0.910. The van der Waals surface area contributed by atoms with Gasteiger partial charge in [0.15, 0.2) is 5.96 Å². The Morgan fingerprint density at radius 2 is 2.14 bits per heavy atom. The molecule has 3 atom stereocenters. The van der Waals surface area contributed by atoms with Crippen molar-refractivity contribution in [1.29, 1.82) is 0 Å². The van der Waals surface area contributed by atoms with Gasteiger partial charge in [-0.1, -0.05) is 6.92 Å². The van der Waals surface area contributed by atoms with Crippen molar-refractivity contribution in [2.24, 2.45) is 4.99 Å². The summed E-state index contributed by atoms with van der Waals surface area (Å²) in [5.74, 6) is 0.792. The second kappa shape index (κ2) is 9.18. The maximum Gasteiger partial charge on any atom is 0.243 e. The molecule has 0 aromatic carbocycles. The van der Waals surface area contributed by atoms with Gasteiger partial charge in [-0.05, 0) is 38.9 Å². The van der Waals surface area contributed by atoms with Gasteiger partial charge in [-0.15, -0.1) is 0 Å². The standard InChI is InChI=1S/C15H30N4OS/c1-6-11(2)17-15(16-10-14(20)19(3)4)18-12-7-8-13(9-12)21-5/h11-13H,6-10H2,1-5H3,(H2,16,17,18). The summed E-state index contributed by atoms with van der Waals surface area (Å²) in [6, 6.07) is 0.815. The first-order valence-corrected chi connectivity index (χ1v) is 9.05. The van der Waals surface area contributed by atoms with Gasteiger partial charge in [-0.3, -0.25) is 4.79 Å². The molecule has 0 aromatic rings. The summed E-state index contributed by atoms with van der Waals surface area (Å²) in [4.78, 5) is 17.7. The molecular weight excluding hydrogens is 284 g/mol. The molecule has 0 aliphatic heterocycles. The molecule has 0 saturated heterocycles. The van der Waals surface area contributed by atoms with E-state index in [1.54, 1.807) is 19.0 Å². The van der Waals surface area contributed by atoms with Crippen LogP contribution < -0.4 is 10.6 Å². The molecule has 1 aliphatic rings. The molecule has 1 saturated carbocycles. The van der Waals surface area contributed by atoms with Crippen molar-refractivity contribution in [2.75, 3.05) is 26.9 Å². The maximum atomic E-state index is 11.7. The van der Waals surface area contributed by atoms with Crippen LogP contribution in [-0.4, -0.2) is 61.0 Å². The Labute approximate surface area is 133 Å². The Morgan fingerprint density at radius 1 is 1.43 bits per heavy atom. The van der Waals surface area contributed by atoms with Crippen LogP contribution in [0.25, 0.3) is 0 Å². The maximum absolute atomic E-state index is 11.7. The van der Waals surface area contributed by atoms with Crippen molar-refractivity contribution in [1.82, 2.24) is 15.5 Å². The van der Waals surface area contributed by atoms with Crippen molar-refractivity contribution in [3.8, 4) is 0 Å². The lowest BCUT2D eigenvalue weighted by Crippen LogP contribution is -2.46. The number of hydrogen-bond acceptors (Lipinski definition) is 3. The van der Waals surface area contributed by atoms with E-state index in [0.29, 0.717) is 12.1 Å². The van der Waals surface area contributed by atoms with Gasteiger partial charge in [-0.25, -0.2) is 4.99 Å². The largest absolute Gasteiger partial charge is 0.354 e. The van der Waals surface area contributed by atoms with Gasteiger partial charge in [0.2, 0.25) is 5.91 Å². The predicted octanol–water partition coefficient (Wildman–Crippen LogP) is 1.69. The zero-order valence-electron chi connectivity index (χ0n) is 14.0. The lowest BCUT2D eigenvalue weighted by atomic mass is 10.2. The molecule has 3 unspecified atom stereocenters. The lowest BCUT2D eigenvalue weighted by molar-refractivity contribution is -0.127. The highest BCUT2D eigenvalue weighted by atomic mass is 32.2. The molecule has 0 radical (unpaired) electrons. The van der Waals surface area contributed by atoms with Crippen LogP contribution >= 0.6 is 11.8 Å². The molecule has 1 rings (SSSR count). The summed E-state index contributed by atoms with van der Waals surface area (Å²) in [5, 5.41) is 7.62. The van der Waals surface area contributed by atoms with Crippen LogP contribution in [0.5, 0.6) is 0 Å². The molecule has 21 heavy (non-hydrogen) atoms. The number of carbonyl (C=O) groups excluding carboxylic acids is 1. The molecule has 2 N–H and O–H groups in total. The summed E-state index contributed by atoms with van der Waals surface area (Å²) in [5.41, 5.74) is 0. The smallest absolute Gasteiger partial charge is 0.243 e. The predicted molar refractivity (Wildman–Crippen MR) is 92.0 cm³/mol. The molecule has 1 fully saturated rings. The highest BCUT2D eigenvalue weighted by Gasteiger charge is 2.24. The number of hydrogen-bond donors (Lipinski definition) is 2. The molecule has 0 spiro atoms. The first-order chi connectivity index (χ1) is 9.96. The van der Waals surface area contributed by atoms with Crippen LogP contribution in [-0.2, 0) is 4.79 Å². The monoisotopic (exact) mass is 314 g/mol. The van der Waals surface area contributed by atoms with Crippen LogP contribution in [0, 0.1) is 0 Å². The van der Waals surface area contributed by atoms with E-state index in [-0.39, 0.29) is 12.5 Å². The number of amides is 1. The van der Waals surface area contributed by atoms with Crippen LogP contribution in [0.15, 0.2) is 4.99 Å². The Morgan fingerprint density at radius 3 is 2.67 bits per heavy atom. The van der Waals surface area contributed by atoms with E-state index in [9.17, 15) is 4.79 Å². The van der Waals surface area contributed by atoms with Gasteiger partial charge < -0.3 is 15.5 Å². The first-order valence-electron chi connectivity index (χ1n) is 7.76. The van der Waals surface area contributed by atoms with Crippen molar-refractivity contribution in [3.05, 3.63) is 0 Å². The summed E-state index contributed by atoms with van der Waals surface area (Å²) in [6.07, 6.45) is 6.81. The number of guanidine groups is 1. The molecule has 1 aliphatic carbocycles. The van der Waals surface area contributed by atoms with Gasteiger partial charge in [0.25, 0.3) is 0 Å². The summed E-state index contributed by atoms with van der Waals surface area (Å²) in [7, 11) is 3.51. The van der Waals surface area contributed by atoms with Crippen LogP contribution in [0.2, 0.25) is 0 Å². The van der Waals surface area contributed by atoms with Crippen molar-refractivity contribution in [2.45, 2.75) is 56.9 Å². The van der Waals surface area contributed by atoms with Crippen LogP contribution in [0.1, 0.15) is 39.5 Å². The summed E-state index contributed by atoms with van der Waals surface area (Å²) < 4.78 is 0. The Balaban J connectivity index is 2.59. The second-order valence-corrected chi connectivity index (χ2v) is 7.06. The number of likely N-dealkylation sites (N-methyl/N-ethyl adjacent to an activating group) is 1. The fourth-order valence-corrected chi connectivity index (χ4v) is 3.03. The van der Waals surface area contributed by atoms with Gasteiger partial charge in [0.05, 0.1) is 0 Å². The molecule has 0 heterocycles. The topological polar surface area (TPSA) is 56.7 Å². The van der Waals surface area contributed by atoms with E-state index in [1.165, 1.54) is 19.3 Å². The van der Waals surface area contributed by atoms with E-state index in [0.717, 1.165) is 17.6 Å². The number of thioether (sulfide) groups is 1. The molecular formula is C15H30N4OS. The number of rotatable bonds is 6. The molecule has 0 bridgehead atoms. The Kier molecular flexibility index (Phi) is 7.93.